The number of nitrogens with one attached hydrogen (secondary N) is 1. The smallest absolute Gasteiger partial charge is 0.237 e. The Morgan fingerprint density at radius 2 is 2.04 bits per heavy atom. The van der Waals surface area contributed by atoms with Gasteiger partial charge in [-0.2, -0.15) is 0 Å². The summed E-state index contributed by atoms with van der Waals surface area (Å²) in [5.74, 6) is 0.368. The van der Waals surface area contributed by atoms with E-state index in [0.29, 0.717) is 5.92 Å². The van der Waals surface area contributed by atoms with Gasteiger partial charge in [-0.15, -0.1) is 11.3 Å². The van der Waals surface area contributed by atoms with Crippen LogP contribution in [0.15, 0.2) is 29.6 Å². The number of hydrogen-bond acceptors (Lipinski definition) is 5. The molecule has 1 aromatic carbocycles. The van der Waals surface area contributed by atoms with Crippen molar-refractivity contribution in [2.45, 2.75) is 63.2 Å². The van der Waals surface area contributed by atoms with Crippen LogP contribution in [-0.2, 0) is 17.6 Å². The quantitative estimate of drug-likeness (QED) is 0.430. The van der Waals surface area contributed by atoms with E-state index in [1.54, 1.807) is 17.7 Å². The number of thiophene rings is 1. The van der Waals surface area contributed by atoms with Crippen LogP contribution in [0.2, 0.25) is 0 Å². The molecule has 0 bridgehead atoms. The summed E-state index contributed by atoms with van der Waals surface area (Å²) in [6.07, 6.45) is 5.07. The maximum atomic E-state index is 13.0. The molecule has 4 rings (SSSR count). The highest BCUT2D eigenvalue weighted by molar-refractivity contribution is 8.00. The predicted octanol–water partition coefficient (Wildman–Crippen LogP) is 5.73. The van der Waals surface area contributed by atoms with Crippen LogP contribution < -0.4 is 5.32 Å². The molecule has 0 spiro atoms. The van der Waals surface area contributed by atoms with E-state index in [4.69, 9.17) is 0 Å². The zero-order valence-electron chi connectivity index (χ0n) is 16.7. The van der Waals surface area contributed by atoms with Crippen molar-refractivity contribution in [3.8, 4) is 0 Å². The van der Waals surface area contributed by atoms with Gasteiger partial charge in [0, 0.05) is 16.0 Å². The van der Waals surface area contributed by atoms with Crippen molar-refractivity contribution < 1.29 is 4.79 Å². The number of amides is 1. The topological polar surface area (TPSA) is 54.9 Å². The molecule has 2 aromatic heterocycles. The summed E-state index contributed by atoms with van der Waals surface area (Å²) in [5, 5.41) is 5.03. The maximum absolute atomic E-state index is 13.0. The highest BCUT2D eigenvalue weighted by atomic mass is 32.2. The van der Waals surface area contributed by atoms with Crippen molar-refractivity contribution in [1.29, 1.82) is 0 Å². The molecule has 1 N–H and O–H groups in total. The lowest BCUT2D eigenvalue weighted by atomic mass is 9.98. The van der Waals surface area contributed by atoms with Gasteiger partial charge < -0.3 is 5.32 Å². The van der Waals surface area contributed by atoms with Gasteiger partial charge >= 0.3 is 0 Å². The number of aromatic nitrogens is 2. The summed E-state index contributed by atoms with van der Waals surface area (Å²) in [6, 6.07) is 6.18. The molecule has 146 valence electrons. The first-order valence-corrected chi connectivity index (χ1v) is 11.5. The largest absolute Gasteiger partial charge is 0.325 e. The number of thioether (sulfide) groups is 1. The van der Waals surface area contributed by atoms with Gasteiger partial charge in [0.2, 0.25) is 5.91 Å². The number of carbonyl (C=O) groups is 1. The van der Waals surface area contributed by atoms with Crippen LogP contribution in [0.5, 0.6) is 0 Å². The minimum atomic E-state index is -0.241. The minimum absolute atomic E-state index is 0.0137. The Hall–Kier alpha value is -1.92. The van der Waals surface area contributed by atoms with Gasteiger partial charge in [-0.25, -0.2) is 9.97 Å². The summed E-state index contributed by atoms with van der Waals surface area (Å²) in [4.78, 5) is 24.5. The molecule has 0 aliphatic heterocycles. The zero-order valence-corrected chi connectivity index (χ0v) is 18.3. The van der Waals surface area contributed by atoms with E-state index in [9.17, 15) is 4.79 Å². The van der Waals surface area contributed by atoms with E-state index >= 15 is 0 Å². The first-order valence-electron chi connectivity index (χ1n) is 9.78. The molecule has 0 unspecified atom stereocenters. The van der Waals surface area contributed by atoms with Crippen molar-refractivity contribution in [1.82, 2.24) is 9.97 Å². The second-order valence-electron chi connectivity index (χ2n) is 7.66. The average molecular weight is 412 g/mol. The lowest BCUT2D eigenvalue weighted by Gasteiger charge is -2.18. The van der Waals surface area contributed by atoms with Crippen LogP contribution in [0.3, 0.4) is 0 Å². The fourth-order valence-electron chi connectivity index (χ4n) is 3.78. The fraction of sp³-hybridized carbons (Fsp3) is 0.409. The summed E-state index contributed by atoms with van der Waals surface area (Å²) in [6.45, 7) is 8.30. The third-order valence-corrected chi connectivity index (χ3v) is 7.60. The maximum Gasteiger partial charge on any atom is 0.237 e. The third-order valence-electron chi connectivity index (χ3n) is 5.30. The van der Waals surface area contributed by atoms with Crippen molar-refractivity contribution in [2.75, 3.05) is 5.32 Å². The van der Waals surface area contributed by atoms with Crippen LogP contribution >= 0.6 is 23.1 Å². The lowest BCUT2D eigenvalue weighted by molar-refractivity contribution is -0.115. The van der Waals surface area contributed by atoms with Gasteiger partial charge in [0.25, 0.3) is 0 Å². The predicted molar refractivity (Wildman–Crippen MR) is 119 cm³/mol. The number of para-hydroxylation sites is 1. The van der Waals surface area contributed by atoms with Crippen LogP contribution in [0.1, 0.15) is 54.7 Å². The molecule has 1 amide bonds. The number of benzene rings is 1. The third kappa shape index (κ3) is 3.55. The van der Waals surface area contributed by atoms with Crippen molar-refractivity contribution in [3.63, 3.8) is 0 Å². The van der Waals surface area contributed by atoms with Gasteiger partial charge in [0.05, 0.1) is 5.25 Å². The average Bonchev–Trinajstić information content (AvgIpc) is 3.24. The van der Waals surface area contributed by atoms with Gasteiger partial charge in [0.15, 0.2) is 0 Å². The van der Waals surface area contributed by atoms with Crippen LogP contribution in [0, 0.1) is 6.92 Å². The van der Waals surface area contributed by atoms with Crippen LogP contribution in [0.4, 0.5) is 5.69 Å². The number of anilines is 1. The molecule has 1 aliphatic carbocycles. The summed E-state index contributed by atoms with van der Waals surface area (Å²) in [7, 11) is 0. The van der Waals surface area contributed by atoms with Gasteiger partial charge in [-0.05, 0) is 55.7 Å². The fourth-order valence-corrected chi connectivity index (χ4v) is 6.02. The molecule has 0 saturated heterocycles. The van der Waals surface area contributed by atoms with E-state index in [-0.39, 0.29) is 11.2 Å². The van der Waals surface area contributed by atoms with Crippen molar-refractivity contribution in [3.05, 3.63) is 46.1 Å². The summed E-state index contributed by atoms with van der Waals surface area (Å²) >= 11 is 3.32. The molecule has 0 radical (unpaired) electrons. The number of fused-ring (bicyclic) bond motifs is 3. The van der Waals surface area contributed by atoms with Crippen molar-refractivity contribution >= 4 is 44.9 Å². The second-order valence-corrected chi connectivity index (χ2v) is 10.1. The number of nitrogens with zero attached hydrogens (tertiary/aromatic N) is 2. The monoisotopic (exact) mass is 411 g/mol. The zero-order chi connectivity index (χ0) is 19.8. The summed E-state index contributed by atoms with van der Waals surface area (Å²) in [5.41, 5.74) is 4.61. The molecule has 2 heterocycles. The van der Waals surface area contributed by atoms with Crippen molar-refractivity contribution in [2.24, 2.45) is 0 Å². The molecule has 1 atom stereocenters. The van der Waals surface area contributed by atoms with E-state index in [1.165, 1.54) is 39.6 Å². The Balaban J connectivity index is 1.58. The highest BCUT2D eigenvalue weighted by Crippen LogP contribution is 2.41. The summed E-state index contributed by atoms with van der Waals surface area (Å²) < 4.78 is 0. The molecule has 1 aliphatic rings. The number of rotatable bonds is 5. The molecule has 4 nitrogen and oxygen atoms in total. The van der Waals surface area contributed by atoms with E-state index in [1.807, 2.05) is 26.0 Å². The molecular formula is C22H25N3OS2. The van der Waals surface area contributed by atoms with Gasteiger partial charge in [0.1, 0.15) is 16.2 Å². The van der Waals surface area contributed by atoms with Gasteiger partial charge in [-0.1, -0.05) is 43.8 Å². The molecule has 28 heavy (non-hydrogen) atoms. The first kappa shape index (κ1) is 19.4. The Kier molecular flexibility index (Phi) is 5.43. The molecule has 0 fully saturated rings. The Morgan fingerprint density at radius 3 is 2.82 bits per heavy atom. The van der Waals surface area contributed by atoms with Gasteiger partial charge in [-0.3, -0.25) is 4.79 Å². The minimum Gasteiger partial charge on any atom is -0.325 e. The molecule has 6 heteroatoms. The lowest BCUT2D eigenvalue weighted by Crippen LogP contribution is -2.24. The number of aryl methyl sites for hydroxylation is 3. The Morgan fingerprint density at radius 1 is 1.21 bits per heavy atom. The SMILES string of the molecule is Cc1cccc(C(C)C)c1NC(=O)[C@H](C)Sc1ncnc2sc3c(c12)CCC3. The number of carbonyl (C=O) groups excluding carboxylic acids is 1. The van der Waals surface area contributed by atoms with Crippen LogP contribution in [-0.4, -0.2) is 21.1 Å². The molecule has 0 saturated carbocycles. The van der Waals surface area contributed by atoms with E-state index < -0.39 is 0 Å². The van der Waals surface area contributed by atoms with E-state index in [0.717, 1.165) is 33.9 Å². The standard InChI is InChI=1S/C22H25N3OS2/c1-12(2)15-8-5-7-13(3)19(15)25-20(26)14(4)27-21-18-16-9-6-10-17(16)28-22(18)24-11-23-21/h5,7-8,11-12,14H,6,9-10H2,1-4H3,(H,25,26)/t14-/m0/s1. The normalized spacial score (nSPS) is 14.5. The molecular weight excluding hydrogens is 386 g/mol. The molecule has 3 aromatic rings. The Labute approximate surface area is 174 Å². The van der Waals surface area contributed by atoms with E-state index in [2.05, 4.69) is 35.2 Å². The first-order chi connectivity index (χ1) is 13.5. The Bertz CT molecular complexity index is 1040. The van der Waals surface area contributed by atoms with Crippen LogP contribution in [0.25, 0.3) is 10.2 Å². The number of hydrogen-bond donors (Lipinski definition) is 1. The second kappa shape index (κ2) is 7.84. The highest BCUT2D eigenvalue weighted by Gasteiger charge is 2.24.